The van der Waals surface area contributed by atoms with Gasteiger partial charge < -0.3 is 28.8 Å². The Kier molecular flexibility index (Phi) is 9.61. The summed E-state index contributed by atoms with van der Waals surface area (Å²) in [6.07, 6.45) is 3.50. The number of fused-ring (bicyclic) bond motifs is 1. The maximum atomic E-state index is 12.0. The molecule has 0 amide bonds. The fraction of sp³-hybridized carbons (Fsp3) is 0.429. The summed E-state index contributed by atoms with van der Waals surface area (Å²) in [4.78, 5) is 22.9. The number of rotatable bonds is 13. The number of carbonyl (C=O) groups is 2. The van der Waals surface area contributed by atoms with Gasteiger partial charge in [0, 0.05) is 24.0 Å². The molecule has 0 saturated heterocycles. The predicted octanol–water partition coefficient (Wildman–Crippen LogP) is 5.77. The molecule has 8 heteroatoms. The van der Waals surface area contributed by atoms with Gasteiger partial charge in [-0.2, -0.15) is 0 Å². The highest BCUT2D eigenvalue weighted by Crippen LogP contribution is 2.38. The second kappa shape index (κ2) is 12.9. The summed E-state index contributed by atoms with van der Waals surface area (Å²) in [5.74, 6) is 2.46. The molecule has 0 fully saturated rings. The number of ketones is 1. The Hall–Kier alpha value is -3.68. The van der Waals surface area contributed by atoms with Gasteiger partial charge in [-0.15, -0.1) is 6.58 Å². The molecule has 1 aliphatic rings. The number of carbonyl (C=O) groups excluding carboxylic acids is 1. The van der Waals surface area contributed by atoms with Crippen LogP contribution in [-0.2, 0) is 24.0 Å². The third-order valence-corrected chi connectivity index (χ3v) is 5.88. The zero-order valence-electron chi connectivity index (χ0n) is 21.1. The monoisotopic (exact) mass is 498 g/mol. The first-order valence-corrected chi connectivity index (χ1v) is 12.2. The maximum absolute atomic E-state index is 12.0. The molecule has 8 nitrogen and oxygen atoms in total. The van der Waals surface area contributed by atoms with E-state index in [9.17, 15) is 9.59 Å². The van der Waals surface area contributed by atoms with E-state index in [1.807, 2.05) is 12.1 Å². The van der Waals surface area contributed by atoms with Gasteiger partial charge in [0.2, 0.25) is 6.29 Å². The minimum atomic E-state index is -1.35. The molecule has 2 aromatic rings. The molecule has 0 spiro atoms. The highest BCUT2D eigenvalue weighted by atomic mass is 16.8. The summed E-state index contributed by atoms with van der Waals surface area (Å²) >= 11 is 0. The van der Waals surface area contributed by atoms with Crippen LogP contribution in [-0.4, -0.2) is 43.7 Å². The van der Waals surface area contributed by atoms with Crippen molar-refractivity contribution in [1.82, 2.24) is 0 Å². The summed E-state index contributed by atoms with van der Waals surface area (Å²) in [7, 11) is 1.54. The molecule has 0 saturated carbocycles. The van der Waals surface area contributed by atoms with Crippen molar-refractivity contribution in [2.75, 3.05) is 20.3 Å². The van der Waals surface area contributed by atoms with E-state index in [1.54, 1.807) is 18.2 Å². The standard InChI is InChI=1S/C28H34O8/c1-5-8-21-23(13-10-19-11-15-25(35-26(19)21)36-28(30)31)33-16-7-17-34-24-14-12-20(18(3)29)27(32-4)22(24)9-6-2/h6,10,12-14,25H,2,5,7-9,11,15-17H2,1,3-4H3,(H,30,31). The third kappa shape index (κ3) is 6.50. The zero-order valence-corrected chi connectivity index (χ0v) is 21.1. The lowest BCUT2D eigenvalue weighted by Gasteiger charge is -2.27. The Bertz CT molecular complexity index is 1090. The van der Waals surface area contributed by atoms with E-state index in [0.717, 1.165) is 29.5 Å². The Morgan fingerprint density at radius 2 is 1.83 bits per heavy atom. The van der Waals surface area contributed by atoms with Crippen LogP contribution in [0, 0.1) is 0 Å². The first kappa shape index (κ1) is 26.9. The second-order valence-corrected chi connectivity index (χ2v) is 8.47. The van der Waals surface area contributed by atoms with Crippen LogP contribution >= 0.6 is 0 Å². The highest BCUT2D eigenvalue weighted by molar-refractivity contribution is 5.97. The molecule has 2 aromatic carbocycles. The van der Waals surface area contributed by atoms with Gasteiger partial charge in [-0.1, -0.05) is 25.5 Å². The van der Waals surface area contributed by atoms with E-state index >= 15 is 0 Å². The van der Waals surface area contributed by atoms with E-state index in [-0.39, 0.29) is 5.78 Å². The smallest absolute Gasteiger partial charge is 0.496 e. The molecule has 1 atom stereocenters. The Morgan fingerprint density at radius 3 is 2.44 bits per heavy atom. The Labute approximate surface area is 211 Å². The molecule has 0 aromatic heterocycles. The molecular weight excluding hydrogens is 464 g/mol. The number of benzene rings is 2. The lowest BCUT2D eigenvalue weighted by molar-refractivity contribution is -0.0640. The highest BCUT2D eigenvalue weighted by Gasteiger charge is 2.26. The SMILES string of the molecule is C=CCc1c(OCCCOc2ccc3c(c2CCC)OC(OC(=O)O)CC3)ccc(C(C)=O)c1OC. The number of Topliss-reactive ketones (excluding diaryl/α,β-unsaturated/α-hetero) is 1. The lowest BCUT2D eigenvalue weighted by atomic mass is 9.98. The maximum Gasteiger partial charge on any atom is 0.508 e. The largest absolute Gasteiger partial charge is 0.508 e. The molecule has 194 valence electrons. The minimum absolute atomic E-state index is 0.0742. The van der Waals surface area contributed by atoms with Gasteiger partial charge in [0.15, 0.2) is 5.78 Å². The van der Waals surface area contributed by atoms with Crippen LogP contribution in [0.3, 0.4) is 0 Å². The molecule has 1 N–H and O–H groups in total. The number of hydrogen-bond acceptors (Lipinski definition) is 7. The quantitative estimate of drug-likeness (QED) is 0.161. The topological polar surface area (TPSA) is 101 Å². The van der Waals surface area contributed by atoms with Crippen molar-refractivity contribution in [1.29, 1.82) is 0 Å². The molecule has 0 radical (unpaired) electrons. The molecule has 1 heterocycles. The van der Waals surface area contributed by atoms with Crippen molar-refractivity contribution in [2.45, 2.75) is 58.7 Å². The van der Waals surface area contributed by atoms with Crippen molar-refractivity contribution in [3.8, 4) is 23.0 Å². The summed E-state index contributed by atoms with van der Waals surface area (Å²) in [5, 5.41) is 8.94. The van der Waals surface area contributed by atoms with Gasteiger partial charge in [-0.25, -0.2) is 4.79 Å². The van der Waals surface area contributed by atoms with Gasteiger partial charge >= 0.3 is 6.16 Å². The van der Waals surface area contributed by atoms with Gasteiger partial charge in [-0.3, -0.25) is 4.79 Å². The van der Waals surface area contributed by atoms with Crippen LogP contribution in [0.2, 0.25) is 0 Å². The normalized spacial score (nSPS) is 14.2. The van der Waals surface area contributed by atoms with Crippen LogP contribution < -0.4 is 18.9 Å². The third-order valence-electron chi connectivity index (χ3n) is 5.88. The molecule has 1 aliphatic heterocycles. The zero-order chi connectivity index (χ0) is 26.1. The van der Waals surface area contributed by atoms with Crippen molar-refractivity contribution < 1.29 is 38.4 Å². The van der Waals surface area contributed by atoms with Crippen LogP contribution in [0.4, 0.5) is 4.79 Å². The first-order chi connectivity index (χ1) is 17.4. The van der Waals surface area contributed by atoms with Gasteiger partial charge in [0.1, 0.15) is 23.0 Å². The molecular formula is C28H34O8. The van der Waals surface area contributed by atoms with Crippen molar-refractivity contribution in [2.24, 2.45) is 0 Å². The Balaban J connectivity index is 1.65. The Morgan fingerprint density at radius 1 is 1.14 bits per heavy atom. The molecule has 3 rings (SSSR count). The van der Waals surface area contributed by atoms with E-state index in [0.29, 0.717) is 67.5 Å². The van der Waals surface area contributed by atoms with E-state index in [1.165, 1.54) is 14.0 Å². The van der Waals surface area contributed by atoms with E-state index in [2.05, 4.69) is 13.5 Å². The number of methoxy groups -OCH3 is 1. The molecule has 0 bridgehead atoms. The second-order valence-electron chi connectivity index (χ2n) is 8.47. The van der Waals surface area contributed by atoms with Crippen molar-refractivity contribution >= 4 is 11.9 Å². The number of allylic oxidation sites excluding steroid dienone is 1. The van der Waals surface area contributed by atoms with Crippen molar-refractivity contribution in [3.63, 3.8) is 0 Å². The van der Waals surface area contributed by atoms with Gasteiger partial charge in [0.25, 0.3) is 0 Å². The van der Waals surface area contributed by atoms with Gasteiger partial charge in [0.05, 0.1) is 25.9 Å². The molecule has 36 heavy (non-hydrogen) atoms. The fourth-order valence-electron chi connectivity index (χ4n) is 4.30. The average Bonchev–Trinajstić information content (AvgIpc) is 2.85. The van der Waals surface area contributed by atoms with Crippen LogP contribution in [0.1, 0.15) is 60.2 Å². The lowest BCUT2D eigenvalue weighted by Crippen LogP contribution is -2.28. The summed E-state index contributed by atoms with van der Waals surface area (Å²) < 4.78 is 28.3. The van der Waals surface area contributed by atoms with Crippen LogP contribution in [0.15, 0.2) is 36.9 Å². The number of carboxylic acid groups (broad SMARTS) is 1. The van der Waals surface area contributed by atoms with Crippen molar-refractivity contribution in [3.05, 3.63) is 59.2 Å². The van der Waals surface area contributed by atoms with E-state index in [4.69, 9.17) is 28.8 Å². The summed E-state index contributed by atoms with van der Waals surface area (Å²) in [6.45, 7) is 8.20. The summed E-state index contributed by atoms with van der Waals surface area (Å²) in [5.41, 5.74) is 3.25. The molecule has 0 aliphatic carbocycles. The number of aryl methyl sites for hydroxylation is 1. The minimum Gasteiger partial charge on any atom is -0.496 e. The molecule has 1 unspecified atom stereocenters. The van der Waals surface area contributed by atoms with Crippen LogP contribution in [0.25, 0.3) is 0 Å². The number of ether oxygens (including phenoxy) is 5. The average molecular weight is 499 g/mol. The predicted molar refractivity (Wildman–Crippen MR) is 135 cm³/mol. The van der Waals surface area contributed by atoms with Crippen LogP contribution in [0.5, 0.6) is 23.0 Å². The number of hydrogen-bond donors (Lipinski definition) is 1. The first-order valence-electron chi connectivity index (χ1n) is 12.2. The van der Waals surface area contributed by atoms with E-state index < -0.39 is 12.4 Å². The fourth-order valence-corrected chi connectivity index (χ4v) is 4.30. The summed E-state index contributed by atoms with van der Waals surface area (Å²) in [6, 6.07) is 7.40. The van der Waals surface area contributed by atoms with Gasteiger partial charge in [-0.05, 0) is 49.9 Å².